The molecule has 1 heterocycles. The molecule has 1 aliphatic carbocycles. The molecule has 0 aromatic heterocycles. The highest BCUT2D eigenvalue weighted by Gasteiger charge is 2.33. The van der Waals surface area contributed by atoms with E-state index in [1.807, 2.05) is 0 Å². The predicted molar refractivity (Wildman–Crippen MR) is 67.2 cm³/mol. The van der Waals surface area contributed by atoms with E-state index in [0.29, 0.717) is 6.42 Å². The maximum absolute atomic E-state index is 12.1. The lowest BCUT2D eigenvalue weighted by Crippen LogP contribution is -2.53. The van der Waals surface area contributed by atoms with Crippen LogP contribution in [0.3, 0.4) is 0 Å². The van der Waals surface area contributed by atoms with E-state index < -0.39 is 11.9 Å². The van der Waals surface area contributed by atoms with Crippen molar-refractivity contribution in [2.24, 2.45) is 5.92 Å². The lowest BCUT2D eigenvalue weighted by molar-refractivity contribution is -0.144. The second kappa shape index (κ2) is 6.18. The number of piperidine rings is 1. The Morgan fingerprint density at radius 1 is 1.06 bits per heavy atom. The summed E-state index contributed by atoms with van der Waals surface area (Å²) >= 11 is 0. The van der Waals surface area contributed by atoms with Crippen molar-refractivity contribution < 1.29 is 14.7 Å². The molecule has 18 heavy (non-hydrogen) atoms. The van der Waals surface area contributed by atoms with Gasteiger partial charge in [0.2, 0.25) is 5.91 Å². The van der Waals surface area contributed by atoms with Crippen LogP contribution in [-0.2, 0) is 9.59 Å². The van der Waals surface area contributed by atoms with E-state index in [1.54, 1.807) is 0 Å². The molecule has 1 saturated carbocycles. The summed E-state index contributed by atoms with van der Waals surface area (Å²) in [5.74, 6) is -1.21. The molecule has 1 saturated heterocycles. The molecule has 3 N–H and O–H groups in total. The first kappa shape index (κ1) is 13.3. The molecule has 0 radical (unpaired) electrons. The molecule has 0 spiro atoms. The molecule has 2 fully saturated rings. The lowest BCUT2D eigenvalue weighted by Gasteiger charge is -2.31. The van der Waals surface area contributed by atoms with E-state index in [4.69, 9.17) is 5.11 Å². The quantitative estimate of drug-likeness (QED) is 0.699. The molecular formula is C13H22N2O3. The summed E-state index contributed by atoms with van der Waals surface area (Å²) in [6, 6.07) is -0.317. The van der Waals surface area contributed by atoms with Gasteiger partial charge in [-0.2, -0.15) is 0 Å². The molecule has 102 valence electrons. The maximum Gasteiger partial charge on any atom is 0.308 e. The number of aliphatic carboxylic acids is 1. The minimum Gasteiger partial charge on any atom is -0.481 e. The minimum atomic E-state index is -0.781. The van der Waals surface area contributed by atoms with Crippen molar-refractivity contribution in [2.45, 2.75) is 57.0 Å². The molecule has 0 aromatic rings. The average Bonchev–Trinajstić information content (AvgIpc) is 2.40. The smallest absolute Gasteiger partial charge is 0.308 e. The number of hydrogen-bond donors (Lipinski definition) is 3. The summed E-state index contributed by atoms with van der Waals surface area (Å²) in [5.41, 5.74) is 0. The molecule has 0 bridgehead atoms. The first-order chi connectivity index (χ1) is 8.68. The zero-order chi connectivity index (χ0) is 13.0. The molecule has 5 nitrogen and oxygen atoms in total. The van der Waals surface area contributed by atoms with Gasteiger partial charge >= 0.3 is 5.97 Å². The fourth-order valence-electron chi connectivity index (χ4n) is 2.96. The van der Waals surface area contributed by atoms with Gasteiger partial charge < -0.3 is 15.7 Å². The molecule has 0 aromatic carbocycles. The Hall–Kier alpha value is -1.10. The first-order valence-electron chi connectivity index (χ1n) is 6.95. The fraction of sp³-hybridized carbons (Fsp3) is 0.846. The number of carbonyl (C=O) groups is 2. The van der Waals surface area contributed by atoms with Crippen LogP contribution in [0.2, 0.25) is 0 Å². The lowest BCUT2D eigenvalue weighted by atomic mass is 9.84. The highest BCUT2D eigenvalue weighted by molar-refractivity contribution is 5.83. The topological polar surface area (TPSA) is 78.4 Å². The summed E-state index contributed by atoms with van der Waals surface area (Å²) in [7, 11) is 0. The van der Waals surface area contributed by atoms with Gasteiger partial charge in [0.15, 0.2) is 0 Å². The SMILES string of the molecule is O=C(O)C1CCCCC1NC(=O)[C@@H]1CCCCN1. The Kier molecular flexibility index (Phi) is 4.58. The van der Waals surface area contributed by atoms with Crippen LogP contribution in [0.15, 0.2) is 0 Å². The highest BCUT2D eigenvalue weighted by atomic mass is 16.4. The normalized spacial score (nSPS) is 32.8. The van der Waals surface area contributed by atoms with Crippen molar-refractivity contribution in [2.75, 3.05) is 6.54 Å². The van der Waals surface area contributed by atoms with Crippen LogP contribution in [0.4, 0.5) is 0 Å². The number of amides is 1. The van der Waals surface area contributed by atoms with Gasteiger partial charge in [-0.15, -0.1) is 0 Å². The van der Waals surface area contributed by atoms with Crippen molar-refractivity contribution in [3.8, 4) is 0 Å². The zero-order valence-electron chi connectivity index (χ0n) is 10.7. The van der Waals surface area contributed by atoms with Gasteiger partial charge in [-0.25, -0.2) is 0 Å². The summed E-state index contributed by atoms with van der Waals surface area (Å²) in [4.78, 5) is 23.2. The van der Waals surface area contributed by atoms with Crippen molar-refractivity contribution >= 4 is 11.9 Å². The van der Waals surface area contributed by atoms with Crippen molar-refractivity contribution in [3.05, 3.63) is 0 Å². The Labute approximate surface area is 107 Å². The standard InChI is InChI=1S/C13H22N2O3/c16-12(11-7-3-4-8-14-11)15-10-6-2-1-5-9(10)13(17)18/h9-11,14H,1-8H2,(H,15,16)(H,17,18)/t9?,10?,11-/m0/s1. The summed E-state index contributed by atoms with van der Waals surface area (Å²) in [6.07, 6.45) is 6.46. The van der Waals surface area contributed by atoms with Crippen molar-refractivity contribution in [3.63, 3.8) is 0 Å². The third-order valence-electron chi connectivity index (χ3n) is 4.04. The van der Waals surface area contributed by atoms with Crippen LogP contribution in [0.5, 0.6) is 0 Å². The largest absolute Gasteiger partial charge is 0.481 e. The van der Waals surface area contributed by atoms with Gasteiger partial charge in [-0.05, 0) is 32.2 Å². The first-order valence-corrected chi connectivity index (χ1v) is 6.95. The molecular weight excluding hydrogens is 232 g/mol. The minimum absolute atomic E-state index is 0.0205. The third kappa shape index (κ3) is 3.22. The predicted octanol–water partition coefficient (Wildman–Crippen LogP) is 0.888. The van der Waals surface area contributed by atoms with Gasteiger partial charge in [0.05, 0.1) is 12.0 Å². The van der Waals surface area contributed by atoms with E-state index in [2.05, 4.69) is 10.6 Å². The average molecular weight is 254 g/mol. The van der Waals surface area contributed by atoms with Gasteiger partial charge in [0.25, 0.3) is 0 Å². The monoisotopic (exact) mass is 254 g/mol. The van der Waals surface area contributed by atoms with E-state index >= 15 is 0 Å². The fourth-order valence-corrected chi connectivity index (χ4v) is 2.96. The molecule has 2 rings (SSSR count). The molecule has 3 atom stereocenters. The van der Waals surface area contributed by atoms with Gasteiger partial charge in [0, 0.05) is 6.04 Å². The molecule has 1 amide bonds. The Bertz CT molecular complexity index is 313. The second-order valence-corrected chi connectivity index (χ2v) is 5.35. The zero-order valence-corrected chi connectivity index (χ0v) is 10.7. The van der Waals surface area contributed by atoms with Gasteiger partial charge in [0.1, 0.15) is 0 Å². The Balaban J connectivity index is 1.89. The van der Waals surface area contributed by atoms with Crippen LogP contribution in [-0.4, -0.2) is 35.6 Å². The van der Waals surface area contributed by atoms with E-state index in [-0.39, 0.29) is 18.0 Å². The third-order valence-corrected chi connectivity index (χ3v) is 4.04. The van der Waals surface area contributed by atoms with Crippen LogP contribution < -0.4 is 10.6 Å². The Morgan fingerprint density at radius 2 is 1.78 bits per heavy atom. The number of carboxylic acids is 1. The maximum atomic E-state index is 12.1. The number of hydrogen-bond acceptors (Lipinski definition) is 3. The van der Waals surface area contributed by atoms with Crippen molar-refractivity contribution in [1.82, 2.24) is 10.6 Å². The summed E-state index contributed by atoms with van der Waals surface area (Å²) in [5, 5.41) is 15.3. The number of rotatable bonds is 3. The molecule has 1 aliphatic heterocycles. The van der Waals surface area contributed by atoms with Crippen LogP contribution in [0.1, 0.15) is 44.9 Å². The van der Waals surface area contributed by atoms with Crippen LogP contribution in [0.25, 0.3) is 0 Å². The van der Waals surface area contributed by atoms with Crippen molar-refractivity contribution in [1.29, 1.82) is 0 Å². The number of carboxylic acid groups (broad SMARTS) is 1. The highest BCUT2D eigenvalue weighted by Crippen LogP contribution is 2.25. The van der Waals surface area contributed by atoms with E-state index in [0.717, 1.165) is 45.1 Å². The van der Waals surface area contributed by atoms with Gasteiger partial charge in [-0.1, -0.05) is 19.3 Å². The molecule has 5 heteroatoms. The number of carbonyl (C=O) groups excluding carboxylic acids is 1. The summed E-state index contributed by atoms with van der Waals surface area (Å²) in [6.45, 7) is 0.880. The molecule has 2 aliphatic rings. The summed E-state index contributed by atoms with van der Waals surface area (Å²) < 4.78 is 0. The van der Waals surface area contributed by atoms with Crippen LogP contribution in [0, 0.1) is 5.92 Å². The van der Waals surface area contributed by atoms with E-state index in [1.165, 1.54) is 0 Å². The Morgan fingerprint density at radius 3 is 2.44 bits per heavy atom. The van der Waals surface area contributed by atoms with E-state index in [9.17, 15) is 9.59 Å². The number of nitrogens with one attached hydrogen (secondary N) is 2. The second-order valence-electron chi connectivity index (χ2n) is 5.35. The van der Waals surface area contributed by atoms with Crippen LogP contribution >= 0.6 is 0 Å². The van der Waals surface area contributed by atoms with Gasteiger partial charge in [-0.3, -0.25) is 9.59 Å². The molecule has 2 unspecified atom stereocenters.